The molecule has 0 aliphatic carbocycles. The van der Waals surface area contributed by atoms with E-state index in [1.807, 2.05) is 29.9 Å². The molecular formula is C10H14N2O3S. The van der Waals surface area contributed by atoms with Crippen molar-refractivity contribution in [2.75, 3.05) is 12.9 Å². The number of thioether (sulfide) groups is 1. The molecule has 0 atom stereocenters. The average molecular weight is 242 g/mol. The minimum atomic E-state index is -0.384. The molecule has 6 heteroatoms. The number of hydrogen-bond acceptors (Lipinski definition) is 6. The van der Waals surface area contributed by atoms with Crippen molar-refractivity contribution >= 4 is 17.7 Å². The summed E-state index contributed by atoms with van der Waals surface area (Å²) in [7, 11) is 1.62. The molecule has 0 aromatic heterocycles. The lowest BCUT2D eigenvalue weighted by Crippen LogP contribution is -2.26. The van der Waals surface area contributed by atoms with Crippen LogP contribution in [0.5, 0.6) is 5.75 Å². The van der Waals surface area contributed by atoms with Crippen LogP contribution >= 0.6 is 11.8 Å². The van der Waals surface area contributed by atoms with E-state index in [0.717, 1.165) is 10.6 Å². The van der Waals surface area contributed by atoms with Gasteiger partial charge in [-0.1, -0.05) is 17.7 Å². The molecule has 1 rings (SSSR count). The van der Waals surface area contributed by atoms with Gasteiger partial charge in [-0.2, -0.15) is 0 Å². The van der Waals surface area contributed by atoms with Crippen LogP contribution in [-0.4, -0.2) is 18.8 Å². The van der Waals surface area contributed by atoms with Gasteiger partial charge in [-0.15, -0.1) is 11.8 Å². The Morgan fingerprint density at radius 3 is 2.94 bits per heavy atom. The number of carbonyl (C=O) groups excluding carboxylic acids is 1. The van der Waals surface area contributed by atoms with Gasteiger partial charge in [0.2, 0.25) is 0 Å². The third-order valence-electron chi connectivity index (χ3n) is 1.81. The molecule has 0 bridgehead atoms. The molecule has 1 aromatic carbocycles. The number of ether oxygens (including phenoxy) is 1. The molecule has 0 radical (unpaired) electrons. The van der Waals surface area contributed by atoms with Gasteiger partial charge in [-0.05, 0) is 12.1 Å². The Balaban J connectivity index is 2.39. The van der Waals surface area contributed by atoms with Gasteiger partial charge in [-0.3, -0.25) is 4.79 Å². The van der Waals surface area contributed by atoms with E-state index in [1.54, 1.807) is 7.11 Å². The van der Waals surface area contributed by atoms with Crippen molar-refractivity contribution in [1.82, 2.24) is 5.59 Å². The average Bonchev–Trinajstić information content (AvgIpc) is 2.30. The van der Waals surface area contributed by atoms with Crippen molar-refractivity contribution in [3.63, 3.8) is 0 Å². The Hall–Kier alpha value is -1.24. The van der Waals surface area contributed by atoms with Crippen LogP contribution in [0.25, 0.3) is 0 Å². The van der Waals surface area contributed by atoms with Gasteiger partial charge >= 0.3 is 5.97 Å². The summed E-state index contributed by atoms with van der Waals surface area (Å²) in [6, 6.07) is 7.64. The van der Waals surface area contributed by atoms with Gasteiger partial charge < -0.3 is 9.57 Å². The lowest BCUT2D eigenvalue weighted by Gasteiger charge is -2.06. The molecule has 0 saturated carbocycles. The molecule has 0 aliphatic heterocycles. The minimum Gasteiger partial charge on any atom is -0.496 e. The zero-order valence-electron chi connectivity index (χ0n) is 8.93. The predicted octanol–water partition coefficient (Wildman–Crippen LogP) is 1.10. The van der Waals surface area contributed by atoms with Crippen LogP contribution in [0.4, 0.5) is 0 Å². The van der Waals surface area contributed by atoms with Crippen molar-refractivity contribution in [3.8, 4) is 5.75 Å². The molecule has 16 heavy (non-hydrogen) atoms. The van der Waals surface area contributed by atoms with E-state index in [-0.39, 0.29) is 12.4 Å². The number of benzene rings is 1. The third-order valence-corrected chi connectivity index (χ3v) is 2.86. The summed E-state index contributed by atoms with van der Waals surface area (Å²) >= 11 is 1.53. The highest BCUT2D eigenvalue weighted by atomic mass is 32.2. The number of para-hydroxylation sites is 1. The first-order chi connectivity index (χ1) is 7.77. The monoisotopic (exact) mass is 242 g/mol. The van der Waals surface area contributed by atoms with Gasteiger partial charge in [0.1, 0.15) is 5.75 Å². The molecule has 0 heterocycles. The molecule has 0 spiro atoms. The Labute approximate surface area is 98.2 Å². The molecule has 0 unspecified atom stereocenters. The maximum atomic E-state index is 11.0. The highest BCUT2D eigenvalue weighted by Gasteiger charge is 2.05. The van der Waals surface area contributed by atoms with Crippen LogP contribution in [0.15, 0.2) is 29.2 Å². The Morgan fingerprint density at radius 1 is 1.50 bits per heavy atom. The molecule has 88 valence electrons. The van der Waals surface area contributed by atoms with E-state index in [9.17, 15) is 4.79 Å². The first-order valence-electron chi connectivity index (χ1n) is 4.69. The molecule has 3 N–H and O–H groups in total. The van der Waals surface area contributed by atoms with Gasteiger partial charge in [0.15, 0.2) is 0 Å². The molecule has 0 saturated heterocycles. The van der Waals surface area contributed by atoms with Crippen LogP contribution in [0.1, 0.15) is 6.42 Å². The second-order valence-electron chi connectivity index (χ2n) is 2.84. The summed E-state index contributed by atoms with van der Waals surface area (Å²) in [5.41, 5.74) is 1.86. The number of nitrogens with one attached hydrogen (secondary N) is 1. The van der Waals surface area contributed by atoms with Crippen molar-refractivity contribution in [3.05, 3.63) is 24.3 Å². The quantitative estimate of drug-likeness (QED) is 0.442. The fourth-order valence-corrected chi connectivity index (χ4v) is 2.06. The maximum Gasteiger partial charge on any atom is 0.327 e. The fourth-order valence-electron chi connectivity index (χ4n) is 1.10. The topological polar surface area (TPSA) is 73.6 Å². The van der Waals surface area contributed by atoms with Crippen LogP contribution < -0.4 is 16.2 Å². The van der Waals surface area contributed by atoms with Crippen LogP contribution in [0, 0.1) is 0 Å². The van der Waals surface area contributed by atoms with E-state index in [4.69, 9.17) is 10.6 Å². The molecule has 0 fully saturated rings. The zero-order chi connectivity index (χ0) is 11.8. The van der Waals surface area contributed by atoms with Gasteiger partial charge in [0.05, 0.1) is 13.5 Å². The van der Waals surface area contributed by atoms with Crippen LogP contribution in [0.3, 0.4) is 0 Å². The maximum absolute atomic E-state index is 11.0. The normalized spacial score (nSPS) is 9.88. The minimum absolute atomic E-state index is 0.285. The number of nitrogens with two attached hydrogens (primary N) is 1. The van der Waals surface area contributed by atoms with Crippen molar-refractivity contribution < 1.29 is 14.4 Å². The second-order valence-corrected chi connectivity index (χ2v) is 3.98. The van der Waals surface area contributed by atoms with Gasteiger partial charge in [0.25, 0.3) is 0 Å². The molecular weight excluding hydrogens is 228 g/mol. The number of methoxy groups -OCH3 is 1. The van der Waals surface area contributed by atoms with Crippen molar-refractivity contribution in [1.29, 1.82) is 0 Å². The predicted molar refractivity (Wildman–Crippen MR) is 61.8 cm³/mol. The molecule has 0 amide bonds. The van der Waals surface area contributed by atoms with E-state index in [0.29, 0.717) is 5.75 Å². The van der Waals surface area contributed by atoms with E-state index in [2.05, 4.69) is 4.84 Å². The largest absolute Gasteiger partial charge is 0.496 e. The summed E-state index contributed by atoms with van der Waals surface area (Å²) in [4.78, 5) is 16.4. The first-order valence-corrected chi connectivity index (χ1v) is 5.67. The summed E-state index contributed by atoms with van der Waals surface area (Å²) < 4.78 is 5.18. The smallest absolute Gasteiger partial charge is 0.327 e. The number of hydrogen-bond donors (Lipinski definition) is 2. The van der Waals surface area contributed by atoms with Crippen LogP contribution in [0.2, 0.25) is 0 Å². The van der Waals surface area contributed by atoms with Crippen molar-refractivity contribution in [2.24, 2.45) is 5.84 Å². The lowest BCUT2D eigenvalue weighted by molar-refractivity contribution is -0.150. The van der Waals surface area contributed by atoms with E-state index in [1.165, 1.54) is 11.8 Å². The number of hydrazine groups is 1. The van der Waals surface area contributed by atoms with Gasteiger partial charge in [0, 0.05) is 10.6 Å². The highest BCUT2D eigenvalue weighted by molar-refractivity contribution is 7.99. The zero-order valence-corrected chi connectivity index (χ0v) is 9.75. The lowest BCUT2D eigenvalue weighted by atomic mass is 10.3. The van der Waals surface area contributed by atoms with E-state index >= 15 is 0 Å². The number of carbonyl (C=O) groups is 1. The Morgan fingerprint density at radius 2 is 2.25 bits per heavy atom. The first kappa shape index (κ1) is 12.8. The van der Waals surface area contributed by atoms with Gasteiger partial charge in [-0.25, -0.2) is 5.84 Å². The summed E-state index contributed by atoms with van der Waals surface area (Å²) in [6.45, 7) is 0. The van der Waals surface area contributed by atoms with Crippen molar-refractivity contribution in [2.45, 2.75) is 11.3 Å². The van der Waals surface area contributed by atoms with E-state index < -0.39 is 0 Å². The molecule has 0 aliphatic rings. The summed E-state index contributed by atoms with van der Waals surface area (Å²) in [6.07, 6.45) is 0.285. The SMILES string of the molecule is COc1ccccc1SCCC(=O)ONN. The number of rotatable bonds is 6. The van der Waals surface area contributed by atoms with Crippen LogP contribution in [-0.2, 0) is 9.63 Å². The second kappa shape index (κ2) is 7.10. The Kier molecular flexibility index (Phi) is 5.69. The standard InChI is InChI=1S/C10H14N2O3S/c1-14-8-4-2-3-5-9(8)16-7-6-10(13)15-12-11/h2-5,12H,6-7,11H2,1H3. The summed E-state index contributed by atoms with van der Waals surface area (Å²) in [5, 5.41) is 0. The fraction of sp³-hybridized carbons (Fsp3) is 0.300. The third kappa shape index (κ3) is 4.09. The molecule has 1 aromatic rings. The highest BCUT2D eigenvalue weighted by Crippen LogP contribution is 2.28. The summed E-state index contributed by atoms with van der Waals surface area (Å²) in [5.74, 6) is 5.87. The molecule has 5 nitrogen and oxygen atoms in total. The Bertz CT molecular complexity index is 347.